The topological polar surface area (TPSA) is 131 Å². The second-order valence-corrected chi connectivity index (χ2v) is 2.72. The molecule has 2 heterocycles. The molecule has 2 rings (SSSR count). The number of aromatic carboxylic acids is 1. The lowest BCUT2D eigenvalue weighted by Gasteiger charge is -1.95. The van der Waals surface area contributed by atoms with Crippen LogP contribution in [0.25, 0.3) is 11.0 Å². The molecule has 7 heteroatoms. The second kappa shape index (κ2) is 2.59. The molecule has 6 N–H and O–H groups in total. The Morgan fingerprint density at radius 2 is 2.14 bits per heavy atom. The van der Waals surface area contributed by atoms with E-state index in [0.29, 0.717) is 11.0 Å². The molecule has 0 amide bonds. The first-order valence-corrected chi connectivity index (χ1v) is 3.73. The smallest absolute Gasteiger partial charge is 0.352 e. The number of aromatic amines is 1. The molecule has 0 saturated carbocycles. The van der Waals surface area contributed by atoms with E-state index < -0.39 is 5.97 Å². The quantitative estimate of drug-likeness (QED) is 0.496. The van der Waals surface area contributed by atoms with Crippen LogP contribution in [0, 0.1) is 0 Å². The van der Waals surface area contributed by atoms with Crippen LogP contribution in [0.4, 0.5) is 11.8 Å². The first kappa shape index (κ1) is 8.30. The Morgan fingerprint density at radius 3 is 2.79 bits per heavy atom. The van der Waals surface area contributed by atoms with E-state index in [-0.39, 0.29) is 17.5 Å². The molecule has 7 nitrogen and oxygen atoms in total. The third-order valence-corrected chi connectivity index (χ3v) is 1.76. The third kappa shape index (κ3) is 1.11. The van der Waals surface area contributed by atoms with Gasteiger partial charge in [-0.2, -0.15) is 9.97 Å². The molecule has 0 spiro atoms. The number of nitrogens with two attached hydrogens (primary N) is 2. The number of hydrogen-bond acceptors (Lipinski definition) is 5. The number of anilines is 2. The van der Waals surface area contributed by atoms with Gasteiger partial charge in [-0.25, -0.2) is 4.79 Å². The highest BCUT2D eigenvalue weighted by molar-refractivity contribution is 5.96. The van der Waals surface area contributed by atoms with Crippen LogP contribution in [0.15, 0.2) is 6.07 Å². The van der Waals surface area contributed by atoms with E-state index in [2.05, 4.69) is 15.0 Å². The molecule has 0 aliphatic carbocycles. The predicted octanol–water partition coefficient (Wildman–Crippen LogP) is -0.180. The van der Waals surface area contributed by atoms with Gasteiger partial charge in [0.05, 0.1) is 5.39 Å². The molecular weight excluding hydrogens is 186 g/mol. The highest BCUT2D eigenvalue weighted by Crippen LogP contribution is 2.19. The van der Waals surface area contributed by atoms with Crippen molar-refractivity contribution in [2.24, 2.45) is 0 Å². The fraction of sp³-hybridized carbons (Fsp3) is 0. The zero-order chi connectivity index (χ0) is 10.3. The van der Waals surface area contributed by atoms with Gasteiger partial charge in [0, 0.05) is 0 Å². The normalized spacial score (nSPS) is 10.6. The molecule has 0 radical (unpaired) electrons. The van der Waals surface area contributed by atoms with E-state index in [1.165, 1.54) is 6.07 Å². The van der Waals surface area contributed by atoms with Gasteiger partial charge in [-0.15, -0.1) is 0 Å². The van der Waals surface area contributed by atoms with E-state index in [1.807, 2.05) is 0 Å². The molecule has 72 valence electrons. The Hall–Kier alpha value is -2.31. The number of carbonyl (C=O) groups is 1. The lowest BCUT2D eigenvalue weighted by Crippen LogP contribution is -1.99. The molecule has 0 fully saturated rings. The number of nitrogens with one attached hydrogen (secondary N) is 1. The summed E-state index contributed by atoms with van der Waals surface area (Å²) in [5.41, 5.74) is 11.2. The van der Waals surface area contributed by atoms with Crippen molar-refractivity contribution in [3.63, 3.8) is 0 Å². The van der Waals surface area contributed by atoms with Gasteiger partial charge in [-0.05, 0) is 6.07 Å². The predicted molar refractivity (Wildman–Crippen MR) is 49.7 cm³/mol. The molecule has 0 aliphatic heterocycles. The molecule has 0 unspecified atom stereocenters. The Morgan fingerprint density at radius 1 is 1.43 bits per heavy atom. The average Bonchev–Trinajstić information content (AvgIpc) is 2.47. The van der Waals surface area contributed by atoms with Gasteiger partial charge >= 0.3 is 5.97 Å². The van der Waals surface area contributed by atoms with Gasteiger partial charge in [0.15, 0.2) is 0 Å². The maximum atomic E-state index is 10.6. The number of nitrogen functional groups attached to an aromatic ring is 2. The van der Waals surface area contributed by atoms with Gasteiger partial charge in [-0.1, -0.05) is 0 Å². The van der Waals surface area contributed by atoms with Crippen molar-refractivity contribution in [1.29, 1.82) is 0 Å². The van der Waals surface area contributed by atoms with Gasteiger partial charge < -0.3 is 21.6 Å². The molecule has 2 aromatic rings. The van der Waals surface area contributed by atoms with Crippen molar-refractivity contribution in [2.45, 2.75) is 0 Å². The van der Waals surface area contributed by atoms with Gasteiger partial charge in [0.2, 0.25) is 5.95 Å². The minimum absolute atomic E-state index is 0.00611. The summed E-state index contributed by atoms with van der Waals surface area (Å²) >= 11 is 0. The molecule has 2 aromatic heterocycles. The van der Waals surface area contributed by atoms with Gasteiger partial charge in [-0.3, -0.25) is 0 Å². The number of carboxylic acids is 1. The van der Waals surface area contributed by atoms with E-state index in [1.54, 1.807) is 0 Å². The number of aromatic nitrogens is 3. The van der Waals surface area contributed by atoms with Crippen LogP contribution in [0.3, 0.4) is 0 Å². The molecule has 0 saturated heterocycles. The summed E-state index contributed by atoms with van der Waals surface area (Å²) in [6, 6.07) is 1.37. The SMILES string of the molecule is Nc1nc(N)c2cc(C(=O)O)[nH]c2n1. The summed E-state index contributed by atoms with van der Waals surface area (Å²) in [6.07, 6.45) is 0. The molecule has 0 atom stereocenters. The standard InChI is InChI=1S/C7H7N5O2/c8-4-2-1-3(6(13)14)10-5(2)12-7(9)11-4/h1H,(H,13,14)(H5,8,9,10,11,12). The maximum absolute atomic E-state index is 10.6. The minimum Gasteiger partial charge on any atom is -0.477 e. The lowest BCUT2D eigenvalue weighted by atomic mass is 10.3. The minimum atomic E-state index is -1.08. The highest BCUT2D eigenvalue weighted by Gasteiger charge is 2.11. The lowest BCUT2D eigenvalue weighted by molar-refractivity contribution is 0.0691. The number of nitrogens with zero attached hydrogens (tertiary/aromatic N) is 2. The van der Waals surface area contributed by atoms with Crippen molar-refractivity contribution in [2.75, 3.05) is 11.5 Å². The van der Waals surface area contributed by atoms with Gasteiger partial charge in [0.25, 0.3) is 0 Å². The van der Waals surface area contributed by atoms with Crippen LogP contribution < -0.4 is 11.5 Å². The Labute approximate surface area is 77.8 Å². The highest BCUT2D eigenvalue weighted by atomic mass is 16.4. The van der Waals surface area contributed by atoms with Crippen LogP contribution in [0.5, 0.6) is 0 Å². The Bertz CT molecular complexity index is 518. The summed E-state index contributed by atoms with van der Waals surface area (Å²) in [6.45, 7) is 0. The molecule has 14 heavy (non-hydrogen) atoms. The van der Waals surface area contributed by atoms with Crippen molar-refractivity contribution in [3.8, 4) is 0 Å². The average molecular weight is 193 g/mol. The molecular formula is C7H7N5O2. The van der Waals surface area contributed by atoms with E-state index in [4.69, 9.17) is 16.6 Å². The second-order valence-electron chi connectivity index (χ2n) is 2.72. The Balaban J connectivity index is 2.76. The number of rotatable bonds is 1. The van der Waals surface area contributed by atoms with Crippen LogP contribution in [-0.2, 0) is 0 Å². The molecule has 0 aliphatic rings. The summed E-state index contributed by atoms with van der Waals surface area (Å²) in [4.78, 5) is 20.7. The van der Waals surface area contributed by atoms with Crippen LogP contribution in [-0.4, -0.2) is 26.0 Å². The third-order valence-electron chi connectivity index (χ3n) is 1.76. The molecule has 0 bridgehead atoms. The number of fused-ring (bicyclic) bond motifs is 1. The fourth-order valence-electron chi connectivity index (χ4n) is 1.17. The summed E-state index contributed by atoms with van der Waals surface area (Å²) in [7, 11) is 0. The van der Waals surface area contributed by atoms with Gasteiger partial charge in [0.1, 0.15) is 17.2 Å². The zero-order valence-electron chi connectivity index (χ0n) is 6.98. The Kier molecular flexibility index (Phi) is 1.53. The van der Waals surface area contributed by atoms with E-state index in [0.717, 1.165) is 0 Å². The summed E-state index contributed by atoms with van der Waals surface area (Å²) in [5.74, 6) is -0.911. The first-order chi connectivity index (χ1) is 6.58. The number of H-pyrrole nitrogens is 1. The van der Waals surface area contributed by atoms with E-state index >= 15 is 0 Å². The fourth-order valence-corrected chi connectivity index (χ4v) is 1.17. The largest absolute Gasteiger partial charge is 0.477 e. The molecule has 0 aromatic carbocycles. The maximum Gasteiger partial charge on any atom is 0.352 e. The van der Waals surface area contributed by atoms with Crippen molar-refractivity contribution in [1.82, 2.24) is 15.0 Å². The van der Waals surface area contributed by atoms with E-state index in [9.17, 15) is 4.79 Å². The zero-order valence-corrected chi connectivity index (χ0v) is 6.98. The van der Waals surface area contributed by atoms with Crippen molar-refractivity contribution >= 4 is 28.8 Å². The number of carboxylic acid groups (broad SMARTS) is 1. The summed E-state index contributed by atoms with van der Waals surface area (Å²) in [5, 5.41) is 9.15. The van der Waals surface area contributed by atoms with Crippen LogP contribution in [0.1, 0.15) is 10.5 Å². The van der Waals surface area contributed by atoms with Crippen LogP contribution in [0.2, 0.25) is 0 Å². The van der Waals surface area contributed by atoms with Crippen molar-refractivity contribution < 1.29 is 9.90 Å². The summed E-state index contributed by atoms with van der Waals surface area (Å²) < 4.78 is 0. The van der Waals surface area contributed by atoms with Crippen molar-refractivity contribution in [3.05, 3.63) is 11.8 Å². The number of hydrogen-bond donors (Lipinski definition) is 4. The monoisotopic (exact) mass is 193 g/mol. The first-order valence-electron chi connectivity index (χ1n) is 3.73. The van der Waals surface area contributed by atoms with Crippen LogP contribution >= 0.6 is 0 Å².